The first-order valence-electron chi connectivity index (χ1n) is 9.68. The Kier molecular flexibility index (Phi) is 6.43. The molecule has 9 heteroatoms. The first-order valence-corrected chi connectivity index (χ1v) is 9.68. The number of amides is 2. The molecular weight excluding hydrogens is 409 g/mol. The van der Waals surface area contributed by atoms with Crippen LogP contribution >= 0.6 is 0 Å². The van der Waals surface area contributed by atoms with Crippen molar-refractivity contribution >= 4 is 17.6 Å². The molecule has 1 aromatic heterocycles. The molecule has 0 atom stereocenters. The average Bonchev–Trinajstić information content (AvgIpc) is 3.18. The molecule has 0 fully saturated rings. The van der Waals surface area contributed by atoms with E-state index in [9.17, 15) is 22.8 Å². The van der Waals surface area contributed by atoms with Crippen LogP contribution in [0.25, 0.3) is 5.69 Å². The summed E-state index contributed by atoms with van der Waals surface area (Å²) in [7, 11) is 0. The lowest BCUT2D eigenvalue weighted by molar-refractivity contribution is -0.137. The number of nitrogens with one attached hydrogen (secondary N) is 1. The van der Waals surface area contributed by atoms with Gasteiger partial charge >= 0.3 is 6.18 Å². The number of aromatic nitrogens is 2. The summed E-state index contributed by atoms with van der Waals surface area (Å²) in [6.07, 6.45) is -3.40. The molecule has 0 spiro atoms. The van der Waals surface area contributed by atoms with E-state index < -0.39 is 23.2 Å². The molecule has 0 aliphatic heterocycles. The second-order valence-corrected chi connectivity index (χ2v) is 6.63. The Morgan fingerprint density at radius 3 is 2.19 bits per heavy atom. The summed E-state index contributed by atoms with van der Waals surface area (Å²) in [5, 5.41) is 6.69. The lowest BCUT2D eigenvalue weighted by Crippen LogP contribution is -2.31. The van der Waals surface area contributed by atoms with Gasteiger partial charge in [0.05, 0.1) is 23.0 Å². The van der Waals surface area contributed by atoms with Crippen LogP contribution in [0.3, 0.4) is 0 Å². The fourth-order valence-electron chi connectivity index (χ4n) is 3.17. The van der Waals surface area contributed by atoms with E-state index in [1.165, 1.54) is 27.9 Å². The summed E-state index contributed by atoms with van der Waals surface area (Å²) in [5.74, 6) is -1.36. The first-order chi connectivity index (χ1) is 14.8. The number of carbonyl (C=O) groups is 2. The van der Waals surface area contributed by atoms with Gasteiger partial charge in [-0.15, -0.1) is 0 Å². The Morgan fingerprint density at radius 1 is 0.968 bits per heavy atom. The minimum absolute atomic E-state index is 0.00470. The van der Waals surface area contributed by atoms with Crippen LogP contribution < -0.4 is 5.32 Å². The maximum absolute atomic E-state index is 13.4. The Morgan fingerprint density at radius 2 is 1.58 bits per heavy atom. The fourth-order valence-corrected chi connectivity index (χ4v) is 3.17. The van der Waals surface area contributed by atoms with Crippen LogP contribution in [-0.2, 0) is 6.18 Å². The van der Waals surface area contributed by atoms with Crippen molar-refractivity contribution in [2.24, 2.45) is 0 Å². The molecule has 0 saturated carbocycles. The van der Waals surface area contributed by atoms with Gasteiger partial charge in [0.1, 0.15) is 11.4 Å². The van der Waals surface area contributed by atoms with Gasteiger partial charge in [0, 0.05) is 13.1 Å². The molecule has 2 amide bonds. The maximum Gasteiger partial charge on any atom is 0.417 e. The Labute approximate surface area is 177 Å². The maximum atomic E-state index is 13.4. The van der Waals surface area contributed by atoms with Crippen molar-refractivity contribution < 1.29 is 22.8 Å². The van der Waals surface area contributed by atoms with Gasteiger partial charge in [-0.25, -0.2) is 4.68 Å². The topological polar surface area (TPSA) is 67.2 Å². The van der Waals surface area contributed by atoms with Crippen molar-refractivity contribution in [3.8, 4) is 5.69 Å². The van der Waals surface area contributed by atoms with Crippen LogP contribution in [0.2, 0.25) is 0 Å². The molecule has 3 rings (SSSR count). The summed E-state index contributed by atoms with van der Waals surface area (Å²) in [6.45, 7) is 4.47. The van der Waals surface area contributed by atoms with Crippen molar-refractivity contribution in [3.63, 3.8) is 0 Å². The number of halogens is 3. The molecule has 1 N–H and O–H groups in total. The summed E-state index contributed by atoms with van der Waals surface area (Å²) in [4.78, 5) is 27.4. The lowest BCUT2D eigenvalue weighted by atomic mass is 10.1. The Balaban J connectivity index is 2.08. The number of alkyl halides is 3. The fraction of sp³-hybridized carbons (Fsp3) is 0.227. The number of carbonyl (C=O) groups excluding carboxylic acids is 2. The molecule has 1 heterocycles. The monoisotopic (exact) mass is 430 g/mol. The van der Waals surface area contributed by atoms with Crippen LogP contribution in [0.15, 0.2) is 60.8 Å². The summed E-state index contributed by atoms with van der Waals surface area (Å²) in [6, 6.07) is 13.2. The van der Waals surface area contributed by atoms with Gasteiger partial charge in [0.25, 0.3) is 11.8 Å². The quantitative estimate of drug-likeness (QED) is 0.620. The molecule has 0 aliphatic carbocycles. The molecule has 0 aliphatic rings. The molecule has 0 radical (unpaired) electrons. The highest BCUT2D eigenvalue weighted by Crippen LogP contribution is 2.32. The van der Waals surface area contributed by atoms with E-state index >= 15 is 0 Å². The number of para-hydroxylation sites is 1. The van der Waals surface area contributed by atoms with Gasteiger partial charge in [-0.1, -0.05) is 30.3 Å². The van der Waals surface area contributed by atoms with Crippen molar-refractivity contribution in [1.29, 1.82) is 0 Å². The van der Waals surface area contributed by atoms with E-state index in [0.29, 0.717) is 18.8 Å². The number of hydrogen-bond donors (Lipinski definition) is 1. The predicted molar refractivity (Wildman–Crippen MR) is 110 cm³/mol. The molecule has 3 aromatic rings. The van der Waals surface area contributed by atoms with Gasteiger partial charge in [0.15, 0.2) is 0 Å². The van der Waals surface area contributed by atoms with Gasteiger partial charge in [-0.05, 0) is 38.1 Å². The van der Waals surface area contributed by atoms with E-state index in [4.69, 9.17) is 0 Å². The highest BCUT2D eigenvalue weighted by atomic mass is 19.4. The molecular formula is C22H21F3N4O2. The normalized spacial score (nSPS) is 11.3. The molecule has 0 saturated heterocycles. The third kappa shape index (κ3) is 4.60. The second-order valence-electron chi connectivity index (χ2n) is 6.63. The minimum atomic E-state index is -4.70. The molecule has 2 aromatic carbocycles. The molecule has 162 valence electrons. The van der Waals surface area contributed by atoms with Gasteiger partial charge < -0.3 is 10.2 Å². The van der Waals surface area contributed by atoms with Crippen LogP contribution in [0.1, 0.15) is 40.1 Å². The zero-order valence-electron chi connectivity index (χ0n) is 17.0. The summed E-state index contributed by atoms with van der Waals surface area (Å²) >= 11 is 0. The third-order valence-corrected chi connectivity index (χ3v) is 4.76. The van der Waals surface area contributed by atoms with Gasteiger partial charge in [0.2, 0.25) is 0 Å². The highest BCUT2D eigenvalue weighted by Gasteiger charge is 2.35. The molecule has 0 bridgehead atoms. The van der Waals surface area contributed by atoms with Crippen LogP contribution in [0.4, 0.5) is 19.0 Å². The highest BCUT2D eigenvalue weighted by molar-refractivity contribution is 6.09. The summed E-state index contributed by atoms with van der Waals surface area (Å²) < 4.78 is 41.5. The van der Waals surface area contributed by atoms with Gasteiger partial charge in [-0.3, -0.25) is 9.59 Å². The standard InChI is InChI=1S/C22H21F3N4O2/c1-3-28(4-2)21(31)17-14-26-29(15-10-6-5-7-11-15)19(17)27-20(30)16-12-8-9-13-18(16)22(23,24)25/h5-14H,3-4H2,1-2H3,(H,27,30). The van der Waals surface area contributed by atoms with Crippen molar-refractivity contribution in [2.45, 2.75) is 20.0 Å². The molecule has 0 unspecified atom stereocenters. The van der Waals surface area contributed by atoms with E-state index in [1.54, 1.807) is 44.2 Å². The van der Waals surface area contributed by atoms with Crippen molar-refractivity contribution in [1.82, 2.24) is 14.7 Å². The second kappa shape index (κ2) is 9.03. The number of hydrogen-bond acceptors (Lipinski definition) is 3. The minimum Gasteiger partial charge on any atom is -0.339 e. The zero-order valence-corrected chi connectivity index (χ0v) is 17.0. The molecule has 6 nitrogen and oxygen atoms in total. The van der Waals surface area contributed by atoms with Crippen molar-refractivity contribution in [2.75, 3.05) is 18.4 Å². The Hall–Kier alpha value is -3.62. The molecule has 31 heavy (non-hydrogen) atoms. The van der Waals surface area contributed by atoms with Crippen molar-refractivity contribution in [3.05, 3.63) is 77.5 Å². The predicted octanol–water partition coefficient (Wildman–Crippen LogP) is 4.63. The van der Waals surface area contributed by atoms with E-state index in [-0.39, 0.29) is 17.3 Å². The van der Waals surface area contributed by atoms with Gasteiger partial charge in [-0.2, -0.15) is 18.3 Å². The summed E-state index contributed by atoms with van der Waals surface area (Å²) in [5.41, 5.74) is -0.974. The van der Waals surface area contributed by atoms with Crippen LogP contribution in [0, 0.1) is 0 Å². The zero-order chi connectivity index (χ0) is 22.6. The number of rotatable bonds is 6. The number of benzene rings is 2. The van der Waals surface area contributed by atoms with Crippen LogP contribution in [-0.4, -0.2) is 39.6 Å². The van der Waals surface area contributed by atoms with Crippen LogP contribution in [0.5, 0.6) is 0 Å². The van der Waals surface area contributed by atoms with E-state index in [2.05, 4.69) is 10.4 Å². The number of anilines is 1. The van der Waals surface area contributed by atoms with E-state index in [0.717, 1.165) is 12.1 Å². The third-order valence-electron chi connectivity index (χ3n) is 4.76. The first kappa shape index (κ1) is 22.1. The largest absolute Gasteiger partial charge is 0.417 e. The Bertz CT molecular complexity index is 1070. The lowest BCUT2D eigenvalue weighted by Gasteiger charge is -2.19. The number of nitrogens with zero attached hydrogens (tertiary/aromatic N) is 3. The SMILES string of the molecule is CCN(CC)C(=O)c1cnn(-c2ccccc2)c1NC(=O)c1ccccc1C(F)(F)F. The van der Waals surface area contributed by atoms with E-state index in [1.807, 2.05) is 0 Å². The average molecular weight is 430 g/mol. The smallest absolute Gasteiger partial charge is 0.339 e.